The summed E-state index contributed by atoms with van der Waals surface area (Å²) < 4.78 is 19.9. The molecule has 1 fully saturated rings. The number of rotatable bonds is 10. The van der Waals surface area contributed by atoms with Gasteiger partial charge in [-0.3, -0.25) is 0 Å². The van der Waals surface area contributed by atoms with Gasteiger partial charge in [0.2, 0.25) is 11.9 Å². The molecule has 0 saturated carbocycles. The van der Waals surface area contributed by atoms with Crippen molar-refractivity contribution < 1.29 is 14.2 Å². The lowest BCUT2D eigenvalue weighted by Crippen LogP contribution is -2.37. The molecule has 4 rings (SSSR count). The minimum absolute atomic E-state index is 0.0910. The van der Waals surface area contributed by atoms with Crippen molar-refractivity contribution in [3.8, 4) is 5.75 Å². The molecule has 12 heteroatoms. The van der Waals surface area contributed by atoms with E-state index in [0.717, 1.165) is 31.6 Å². The van der Waals surface area contributed by atoms with Gasteiger partial charge in [-0.25, -0.2) is 14.4 Å². The zero-order valence-corrected chi connectivity index (χ0v) is 23.7. The summed E-state index contributed by atoms with van der Waals surface area (Å²) >= 11 is 6.03. The summed E-state index contributed by atoms with van der Waals surface area (Å²) in [4.78, 5) is 17.4. The summed E-state index contributed by atoms with van der Waals surface area (Å²) in [6.45, 7) is 5.28. The van der Waals surface area contributed by atoms with Crippen molar-refractivity contribution in [3.05, 3.63) is 47.0 Å². The molecule has 1 unspecified atom stereocenters. The highest BCUT2D eigenvalue weighted by atomic mass is 35.5. The first-order chi connectivity index (χ1) is 18.5. The van der Waals surface area contributed by atoms with E-state index in [-0.39, 0.29) is 16.9 Å². The average molecular weight is 559 g/mol. The van der Waals surface area contributed by atoms with Crippen molar-refractivity contribution in [2.75, 3.05) is 55.6 Å². The van der Waals surface area contributed by atoms with E-state index >= 15 is 0 Å². The first-order valence-electron chi connectivity index (χ1n) is 12.9. The Labute approximate surface area is 233 Å². The molecule has 0 spiro atoms. The van der Waals surface area contributed by atoms with E-state index in [1.54, 1.807) is 21.0 Å². The quantitative estimate of drug-likeness (QED) is 0.256. The summed E-state index contributed by atoms with van der Waals surface area (Å²) in [5, 5.41) is 16.9. The third-order valence-electron chi connectivity index (χ3n) is 7.01. The van der Waals surface area contributed by atoms with Crippen LogP contribution >= 0.6 is 11.6 Å². The van der Waals surface area contributed by atoms with Gasteiger partial charge in [0, 0.05) is 36.4 Å². The molecule has 1 saturated heterocycles. The molecule has 210 valence electrons. The Bertz CT molecular complexity index is 1320. The minimum Gasteiger partial charge on any atom is -0.494 e. The summed E-state index contributed by atoms with van der Waals surface area (Å²) in [7, 11) is 5.74. The van der Waals surface area contributed by atoms with Gasteiger partial charge in [-0.05, 0) is 58.5 Å². The number of aromatic nitrogens is 3. The molecule has 1 aliphatic rings. The Balaban J connectivity index is 1.60. The zero-order valence-electron chi connectivity index (χ0n) is 22.9. The van der Waals surface area contributed by atoms with E-state index in [4.69, 9.17) is 22.1 Å². The summed E-state index contributed by atoms with van der Waals surface area (Å²) in [6.07, 6.45) is 3.91. The molecule has 5 N–H and O–H groups in total. The highest BCUT2D eigenvalue weighted by Crippen LogP contribution is 2.39. The monoisotopic (exact) mass is 558 g/mol. The molecule has 0 aliphatic carbocycles. The smallest absolute Gasteiger partial charge is 0.232 e. The second kappa shape index (κ2) is 11.8. The number of hydrogen-bond acceptors (Lipinski definition) is 10. The molecule has 0 radical (unpaired) electrons. The zero-order chi connectivity index (χ0) is 28.3. The van der Waals surface area contributed by atoms with Crippen LogP contribution in [0.5, 0.6) is 5.75 Å². The summed E-state index contributed by atoms with van der Waals surface area (Å²) in [6, 6.07) is 6.74. The van der Waals surface area contributed by atoms with Gasteiger partial charge in [0.1, 0.15) is 17.9 Å². The summed E-state index contributed by atoms with van der Waals surface area (Å²) in [5.41, 5.74) is 8.08. The van der Waals surface area contributed by atoms with Crippen LogP contribution in [0.4, 0.5) is 39.0 Å². The Hall–Kier alpha value is -3.41. The van der Waals surface area contributed by atoms with Crippen LogP contribution in [-0.4, -0.2) is 65.3 Å². The van der Waals surface area contributed by atoms with Crippen LogP contribution in [0.15, 0.2) is 30.6 Å². The van der Waals surface area contributed by atoms with Crippen molar-refractivity contribution in [1.82, 2.24) is 19.9 Å². The molecular weight excluding hydrogens is 523 g/mol. The van der Waals surface area contributed by atoms with Gasteiger partial charge >= 0.3 is 0 Å². The molecule has 2 heterocycles. The van der Waals surface area contributed by atoms with Crippen molar-refractivity contribution in [2.45, 2.75) is 44.8 Å². The number of aliphatic hydroxyl groups is 1. The fourth-order valence-electron chi connectivity index (χ4n) is 4.81. The lowest BCUT2D eigenvalue weighted by Gasteiger charge is -2.30. The molecule has 1 aromatic heterocycles. The van der Waals surface area contributed by atoms with Crippen molar-refractivity contribution in [1.29, 1.82) is 0 Å². The van der Waals surface area contributed by atoms with Gasteiger partial charge in [-0.15, -0.1) is 0 Å². The SMILES string of the molecule is CCC(C)(O)c1cc(F)c(Cl)cc1Nc1ncnc(Nc2cc(N)c(N3CCC[C@@H]3CN(C)C)cc2OC)n1. The number of ether oxygens (including phenoxy) is 1. The van der Waals surface area contributed by atoms with Gasteiger partial charge in [-0.1, -0.05) is 18.5 Å². The number of nitrogens with one attached hydrogen (secondary N) is 2. The Morgan fingerprint density at radius 2 is 1.90 bits per heavy atom. The second-order valence-corrected chi connectivity index (χ2v) is 10.6. The first-order valence-corrected chi connectivity index (χ1v) is 13.2. The standard InChI is InChI=1S/C27H36ClFN8O2/c1-6-27(2,38)17-10-19(29)18(28)11-21(17)33-25-31-15-32-26(35-25)34-22-12-20(30)23(13-24(22)39-5)37-9-7-8-16(37)14-36(3)4/h10-13,15-16,38H,6-9,14,30H2,1-5H3,(H2,31,32,33,34,35)/t16-,27?/m1/s1. The maximum atomic E-state index is 14.2. The van der Waals surface area contributed by atoms with E-state index in [2.05, 4.69) is 49.5 Å². The van der Waals surface area contributed by atoms with E-state index in [1.165, 1.54) is 18.5 Å². The van der Waals surface area contributed by atoms with Crippen LogP contribution in [0.25, 0.3) is 0 Å². The van der Waals surface area contributed by atoms with Crippen LogP contribution in [-0.2, 0) is 5.60 Å². The lowest BCUT2D eigenvalue weighted by molar-refractivity contribution is 0.0535. The Morgan fingerprint density at radius 3 is 2.54 bits per heavy atom. The number of hydrogen-bond donors (Lipinski definition) is 4. The number of likely N-dealkylation sites (N-methyl/N-ethyl adjacent to an activating group) is 1. The lowest BCUT2D eigenvalue weighted by atomic mass is 9.91. The third-order valence-corrected chi connectivity index (χ3v) is 7.29. The molecule has 0 amide bonds. The van der Waals surface area contributed by atoms with Crippen LogP contribution in [0.2, 0.25) is 5.02 Å². The van der Waals surface area contributed by atoms with Crippen LogP contribution in [0.3, 0.4) is 0 Å². The highest BCUT2D eigenvalue weighted by molar-refractivity contribution is 6.31. The third kappa shape index (κ3) is 6.43. The van der Waals surface area contributed by atoms with E-state index in [0.29, 0.717) is 40.8 Å². The number of nitrogens with two attached hydrogens (primary N) is 1. The molecule has 39 heavy (non-hydrogen) atoms. The van der Waals surface area contributed by atoms with E-state index in [9.17, 15) is 9.50 Å². The highest BCUT2D eigenvalue weighted by Gasteiger charge is 2.28. The van der Waals surface area contributed by atoms with Crippen molar-refractivity contribution in [3.63, 3.8) is 0 Å². The van der Waals surface area contributed by atoms with Crippen LogP contribution in [0.1, 0.15) is 38.7 Å². The topological polar surface area (TPSA) is 125 Å². The number of benzene rings is 2. The van der Waals surface area contributed by atoms with Crippen molar-refractivity contribution in [2.24, 2.45) is 0 Å². The molecule has 1 aliphatic heterocycles. The van der Waals surface area contributed by atoms with Gasteiger partial charge in [0.15, 0.2) is 0 Å². The fraction of sp³-hybridized carbons (Fsp3) is 0.444. The van der Waals surface area contributed by atoms with Gasteiger partial charge in [-0.2, -0.15) is 4.98 Å². The Morgan fingerprint density at radius 1 is 1.21 bits per heavy atom. The predicted molar refractivity (Wildman–Crippen MR) is 154 cm³/mol. The van der Waals surface area contributed by atoms with Crippen LogP contribution in [0, 0.1) is 5.82 Å². The van der Waals surface area contributed by atoms with Gasteiger partial charge in [0.05, 0.1) is 34.8 Å². The Kier molecular flexibility index (Phi) is 8.63. The molecule has 10 nitrogen and oxygen atoms in total. The molecule has 2 atom stereocenters. The molecule has 3 aromatic rings. The van der Waals surface area contributed by atoms with Crippen LogP contribution < -0.4 is 26.0 Å². The number of halogens is 2. The maximum Gasteiger partial charge on any atom is 0.232 e. The molecule has 0 bridgehead atoms. The normalized spacial score (nSPS) is 16.8. The predicted octanol–water partition coefficient (Wildman–Crippen LogP) is 4.89. The molecule has 2 aromatic carbocycles. The van der Waals surface area contributed by atoms with E-state index in [1.807, 2.05) is 12.1 Å². The number of nitrogens with zero attached hydrogens (tertiary/aromatic N) is 5. The number of anilines is 6. The largest absolute Gasteiger partial charge is 0.494 e. The fourth-order valence-corrected chi connectivity index (χ4v) is 4.97. The number of methoxy groups -OCH3 is 1. The van der Waals surface area contributed by atoms with Gasteiger partial charge < -0.3 is 36.0 Å². The summed E-state index contributed by atoms with van der Waals surface area (Å²) in [5.74, 6) is 0.382. The van der Waals surface area contributed by atoms with E-state index < -0.39 is 11.4 Å². The molecular formula is C27H36ClFN8O2. The number of nitrogen functional groups attached to an aromatic ring is 1. The second-order valence-electron chi connectivity index (χ2n) is 10.2. The van der Waals surface area contributed by atoms with Crippen molar-refractivity contribution >= 4 is 46.2 Å². The maximum absolute atomic E-state index is 14.2. The first kappa shape index (κ1) is 28.6. The minimum atomic E-state index is -1.30. The average Bonchev–Trinajstić information content (AvgIpc) is 3.33. The van der Waals surface area contributed by atoms with Gasteiger partial charge in [0.25, 0.3) is 0 Å².